The normalized spacial score (nSPS) is 13.2. The summed E-state index contributed by atoms with van der Waals surface area (Å²) >= 11 is 1.86. The minimum Gasteiger partial charge on any atom is -0.456 e. The molecule has 12 aromatic rings. The summed E-state index contributed by atoms with van der Waals surface area (Å²) in [6, 6.07) is 68.1. The second-order valence-corrected chi connectivity index (χ2v) is 17.9. The molecule has 3 aromatic heterocycles. The van der Waals surface area contributed by atoms with Crippen molar-refractivity contribution in [1.82, 2.24) is 0 Å². The highest BCUT2D eigenvalue weighted by atomic mass is 32.1. The molecule has 1 aliphatic rings. The predicted octanol–water partition coefficient (Wildman–Crippen LogP) is 17.0. The van der Waals surface area contributed by atoms with Crippen molar-refractivity contribution in [3.05, 3.63) is 199 Å². The number of benzene rings is 9. The van der Waals surface area contributed by atoms with E-state index in [4.69, 9.17) is 8.83 Å². The molecule has 13 rings (SSSR count). The van der Waals surface area contributed by atoms with E-state index < -0.39 is 0 Å². The van der Waals surface area contributed by atoms with Crippen LogP contribution in [0, 0.1) is 0 Å². The summed E-state index contributed by atoms with van der Waals surface area (Å²) in [5, 5.41) is 6.81. The largest absolute Gasteiger partial charge is 0.456 e. The molecule has 0 saturated carbocycles. The lowest BCUT2D eigenvalue weighted by Crippen LogP contribution is -2.16. The van der Waals surface area contributed by atoms with Crippen LogP contribution in [0.5, 0.6) is 0 Å². The monoisotopic (exact) mass is 799 g/mol. The van der Waals surface area contributed by atoms with Crippen molar-refractivity contribution >= 4 is 92.4 Å². The minimum absolute atomic E-state index is 0.152. The molecule has 0 radical (unpaired) electrons. The van der Waals surface area contributed by atoms with E-state index >= 15 is 0 Å². The van der Waals surface area contributed by atoms with Crippen molar-refractivity contribution in [2.75, 3.05) is 4.90 Å². The van der Waals surface area contributed by atoms with Gasteiger partial charge in [-0.1, -0.05) is 129 Å². The maximum absolute atomic E-state index is 6.78. The molecule has 0 saturated heterocycles. The van der Waals surface area contributed by atoms with Crippen molar-refractivity contribution in [3.8, 4) is 33.4 Å². The molecule has 0 N–H and O–H groups in total. The van der Waals surface area contributed by atoms with Crippen LogP contribution >= 0.6 is 11.3 Å². The summed E-state index contributed by atoms with van der Waals surface area (Å²) in [7, 11) is 0. The average molecular weight is 800 g/mol. The number of hydrogen-bond donors (Lipinski definition) is 0. The molecule has 3 nitrogen and oxygen atoms in total. The van der Waals surface area contributed by atoms with Crippen molar-refractivity contribution in [2.24, 2.45) is 0 Å². The minimum atomic E-state index is -0.152. The number of furan rings is 2. The summed E-state index contributed by atoms with van der Waals surface area (Å²) < 4.78 is 16.0. The van der Waals surface area contributed by atoms with Crippen LogP contribution in [-0.4, -0.2) is 0 Å². The van der Waals surface area contributed by atoms with E-state index in [1.807, 2.05) is 11.3 Å². The van der Waals surface area contributed by atoms with E-state index in [2.05, 4.69) is 207 Å². The fraction of sp³-hybridized carbons (Fsp3) is 0.0526. The number of hydrogen-bond acceptors (Lipinski definition) is 4. The first-order valence-electron chi connectivity index (χ1n) is 20.9. The van der Waals surface area contributed by atoms with Crippen molar-refractivity contribution in [2.45, 2.75) is 19.3 Å². The SMILES string of the molecule is CC1(C)c2ccccc2-c2ccc(N(c3ccc(-c4cccc5sc6ccccc6c45)cc3)c3cccc4oc5cc6c(cc5c34)oc3ccc(-c4ccccc4)cc36)cc21. The average Bonchev–Trinajstić information content (AvgIpc) is 4.04. The van der Waals surface area contributed by atoms with Gasteiger partial charge in [0.25, 0.3) is 0 Å². The van der Waals surface area contributed by atoms with E-state index in [1.165, 1.54) is 59.1 Å². The molecule has 1 aliphatic carbocycles. The molecule has 9 aromatic carbocycles. The fourth-order valence-electron chi connectivity index (χ4n) is 10.1. The number of rotatable bonds is 5. The summed E-state index contributed by atoms with van der Waals surface area (Å²) in [6.07, 6.45) is 0. The molecular formula is C57H37NO2S. The smallest absolute Gasteiger partial charge is 0.137 e. The zero-order valence-corrected chi connectivity index (χ0v) is 34.4. The van der Waals surface area contributed by atoms with Gasteiger partial charge in [-0.3, -0.25) is 0 Å². The Labute approximate surface area is 356 Å². The molecular weight excluding hydrogens is 763 g/mol. The first kappa shape index (κ1) is 34.5. The predicted molar refractivity (Wildman–Crippen MR) is 257 cm³/mol. The maximum atomic E-state index is 6.78. The van der Waals surface area contributed by atoms with Crippen LogP contribution in [0.15, 0.2) is 197 Å². The molecule has 0 spiro atoms. The van der Waals surface area contributed by atoms with Gasteiger partial charge in [-0.05, 0) is 117 Å². The number of thiophene rings is 1. The molecule has 0 fully saturated rings. The summed E-state index contributed by atoms with van der Waals surface area (Å²) in [5.41, 5.74) is 16.5. The quantitative estimate of drug-likeness (QED) is 0.174. The molecule has 3 heterocycles. The van der Waals surface area contributed by atoms with Gasteiger partial charge in [0.05, 0.1) is 11.1 Å². The Morgan fingerprint density at radius 2 is 1.07 bits per heavy atom. The Morgan fingerprint density at radius 3 is 1.97 bits per heavy atom. The van der Waals surface area contributed by atoms with Crippen LogP contribution < -0.4 is 4.90 Å². The molecule has 0 amide bonds. The molecule has 0 bridgehead atoms. The van der Waals surface area contributed by atoms with Crippen LogP contribution in [0.3, 0.4) is 0 Å². The standard InChI is InChI=1S/C57H37NO2S/c1-57(2)46-17-8-6-14-40(46)41-28-27-38(31-47(41)57)58(37-25-22-35(23-26-37)39-16-10-21-54-55(39)42-15-7-9-20-53(42)61-54)48-18-11-19-50-56(48)45-33-51-44(32-52(45)60-50)43-30-36(24-29-49(43)59-51)34-12-4-3-5-13-34/h3-33H,1-2H3. The lowest BCUT2D eigenvalue weighted by atomic mass is 9.82. The number of nitrogens with zero attached hydrogens (tertiary/aromatic N) is 1. The zero-order valence-electron chi connectivity index (χ0n) is 33.6. The summed E-state index contributed by atoms with van der Waals surface area (Å²) in [4.78, 5) is 2.41. The Hall–Kier alpha value is -7.40. The van der Waals surface area contributed by atoms with E-state index in [0.717, 1.165) is 66.5 Å². The van der Waals surface area contributed by atoms with Gasteiger partial charge in [0.15, 0.2) is 0 Å². The van der Waals surface area contributed by atoms with E-state index in [1.54, 1.807) is 0 Å². The van der Waals surface area contributed by atoms with Crippen molar-refractivity contribution in [3.63, 3.8) is 0 Å². The van der Waals surface area contributed by atoms with Gasteiger partial charge < -0.3 is 13.7 Å². The summed E-state index contributed by atoms with van der Waals surface area (Å²) in [5.74, 6) is 0. The second-order valence-electron chi connectivity index (χ2n) is 16.8. The van der Waals surface area contributed by atoms with E-state index in [0.29, 0.717) is 0 Å². The molecule has 0 atom stereocenters. The van der Waals surface area contributed by atoms with Gasteiger partial charge >= 0.3 is 0 Å². The Balaban J connectivity index is 1.01. The molecule has 0 unspecified atom stereocenters. The van der Waals surface area contributed by atoms with Crippen LogP contribution in [-0.2, 0) is 5.41 Å². The van der Waals surface area contributed by atoms with Gasteiger partial charge in [0, 0.05) is 53.1 Å². The maximum Gasteiger partial charge on any atom is 0.137 e. The number of anilines is 3. The van der Waals surface area contributed by atoms with Gasteiger partial charge in [-0.15, -0.1) is 11.3 Å². The third-order valence-electron chi connectivity index (χ3n) is 13.1. The lowest BCUT2D eigenvalue weighted by Gasteiger charge is -2.28. The van der Waals surface area contributed by atoms with Gasteiger partial charge in [-0.2, -0.15) is 0 Å². The van der Waals surface area contributed by atoms with E-state index in [-0.39, 0.29) is 5.41 Å². The molecule has 4 heteroatoms. The highest BCUT2D eigenvalue weighted by molar-refractivity contribution is 7.25. The van der Waals surface area contributed by atoms with Gasteiger partial charge in [0.1, 0.15) is 22.3 Å². The first-order chi connectivity index (χ1) is 30.0. The van der Waals surface area contributed by atoms with Gasteiger partial charge in [0.2, 0.25) is 0 Å². The van der Waals surface area contributed by atoms with Crippen molar-refractivity contribution in [1.29, 1.82) is 0 Å². The third-order valence-corrected chi connectivity index (χ3v) is 14.2. The topological polar surface area (TPSA) is 29.5 Å². The first-order valence-corrected chi connectivity index (χ1v) is 21.7. The number of fused-ring (bicyclic) bond motifs is 12. The summed E-state index contributed by atoms with van der Waals surface area (Å²) in [6.45, 7) is 4.70. The van der Waals surface area contributed by atoms with Crippen LogP contribution in [0.25, 0.3) is 97.4 Å². The van der Waals surface area contributed by atoms with Crippen LogP contribution in [0.4, 0.5) is 17.1 Å². The lowest BCUT2D eigenvalue weighted by molar-refractivity contribution is 0.660. The van der Waals surface area contributed by atoms with Gasteiger partial charge in [-0.25, -0.2) is 0 Å². The highest BCUT2D eigenvalue weighted by Gasteiger charge is 2.36. The molecule has 288 valence electrons. The van der Waals surface area contributed by atoms with E-state index in [9.17, 15) is 0 Å². The van der Waals surface area contributed by atoms with Crippen LogP contribution in [0.1, 0.15) is 25.0 Å². The molecule has 61 heavy (non-hydrogen) atoms. The fourth-order valence-corrected chi connectivity index (χ4v) is 11.3. The zero-order chi connectivity index (χ0) is 40.4. The highest BCUT2D eigenvalue weighted by Crippen LogP contribution is 2.52. The van der Waals surface area contributed by atoms with Crippen LogP contribution in [0.2, 0.25) is 0 Å². The Morgan fingerprint density at radius 1 is 0.393 bits per heavy atom. The second kappa shape index (κ2) is 12.8. The Bertz CT molecular complexity index is 3740. The molecule has 0 aliphatic heterocycles. The Kier molecular flexibility index (Phi) is 7.23. The third kappa shape index (κ3) is 5.09. The van der Waals surface area contributed by atoms with Crippen molar-refractivity contribution < 1.29 is 8.83 Å².